The van der Waals surface area contributed by atoms with Gasteiger partial charge in [0.05, 0.1) is 6.10 Å². The van der Waals surface area contributed by atoms with E-state index < -0.39 is 0 Å². The summed E-state index contributed by atoms with van der Waals surface area (Å²) in [5.74, 6) is 1.43. The molecule has 0 aromatic rings. The molecule has 13 heavy (non-hydrogen) atoms. The summed E-state index contributed by atoms with van der Waals surface area (Å²) in [5.41, 5.74) is 0. The van der Waals surface area contributed by atoms with Gasteiger partial charge in [0.1, 0.15) is 0 Å². The zero-order chi connectivity index (χ0) is 9.68. The number of rotatable bonds is 4. The molecule has 1 saturated heterocycles. The van der Waals surface area contributed by atoms with E-state index >= 15 is 0 Å². The molecular weight excluding hydrogens is 162 g/mol. The lowest BCUT2D eigenvalue weighted by molar-refractivity contribution is -0.0114. The van der Waals surface area contributed by atoms with E-state index in [2.05, 4.69) is 26.1 Å². The first kappa shape index (κ1) is 11.0. The number of hydrogen-bond acceptors (Lipinski definition) is 2. The predicted molar refractivity (Wildman–Crippen MR) is 55.8 cm³/mol. The summed E-state index contributed by atoms with van der Waals surface area (Å²) in [7, 11) is 0. The van der Waals surface area contributed by atoms with E-state index in [0.29, 0.717) is 12.0 Å². The van der Waals surface area contributed by atoms with Crippen molar-refractivity contribution >= 4 is 0 Å². The van der Waals surface area contributed by atoms with Crippen LogP contribution in [0.4, 0.5) is 0 Å². The highest BCUT2D eigenvalue weighted by atomic mass is 16.5. The molecule has 0 amide bonds. The van der Waals surface area contributed by atoms with Gasteiger partial charge in [-0.1, -0.05) is 27.2 Å². The highest BCUT2D eigenvalue weighted by Crippen LogP contribution is 2.16. The number of piperidine rings is 1. The van der Waals surface area contributed by atoms with Gasteiger partial charge in [-0.3, -0.25) is 0 Å². The van der Waals surface area contributed by atoms with Gasteiger partial charge in [-0.15, -0.1) is 0 Å². The Morgan fingerprint density at radius 3 is 2.92 bits per heavy atom. The first-order valence-corrected chi connectivity index (χ1v) is 5.56. The fourth-order valence-corrected chi connectivity index (χ4v) is 1.59. The normalized spacial score (nSPS) is 31.6. The highest BCUT2D eigenvalue weighted by Gasteiger charge is 2.21. The van der Waals surface area contributed by atoms with Crippen LogP contribution in [0, 0.1) is 11.8 Å². The Bertz CT molecular complexity index is 138. The molecule has 0 saturated carbocycles. The number of ether oxygens (including phenoxy) is 1. The molecule has 3 atom stereocenters. The fourth-order valence-electron chi connectivity index (χ4n) is 1.59. The molecule has 1 rings (SSSR count). The first-order valence-electron chi connectivity index (χ1n) is 5.56. The SMILES string of the molecule is CCC(C)COC1CNCCC1C. The van der Waals surface area contributed by atoms with Gasteiger partial charge < -0.3 is 10.1 Å². The summed E-state index contributed by atoms with van der Waals surface area (Å²) < 4.78 is 5.89. The quantitative estimate of drug-likeness (QED) is 0.723. The zero-order valence-electron chi connectivity index (χ0n) is 9.18. The molecule has 1 aliphatic rings. The molecule has 3 unspecified atom stereocenters. The molecule has 0 aliphatic carbocycles. The average Bonchev–Trinajstić information content (AvgIpc) is 2.16. The summed E-state index contributed by atoms with van der Waals surface area (Å²) in [6, 6.07) is 0. The monoisotopic (exact) mass is 185 g/mol. The van der Waals surface area contributed by atoms with Gasteiger partial charge in [-0.2, -0.15) is 0 Å². The molecule has 0 radical (unpaired) electrons. The van der Waals surface area contributed by atoms with Crippen LogP contribution in [-0.4, -0.2) is 25.8 Å². The molecule has 78 valence electrons. The first-order chi connectivity index (χ1) is 6.24. The van der Waals surface area contributed by atoms with Gasteiger partial charge in [0, 0.05) is 13.2 Å². The minimum absolute atomic E-state index is 0.447. The van der Waals surface area contributed by atoms with Gasteiger partial charge in [-0.05, 0) is 24.8 Å². The molecule has 0 spiro atoms. The van der Waals surface area contributed by atoms with Crippen molar-refractivity contribution in [1.29, 1.82) is 0 Å². The number of nitrogens with one attached hydrogen (secondary N) is 1. The van der Waals surface area contributed by atoms with Crippen molar-refractivity contribution in [3.8, 4) is 0 Å². The van der Waals surface area contributed by atoms with E-state index in [0.717, 1.165) is 25.6 Å². The molecule has 1 aliphatic heterocycles. The maximum atomic E-state index is 5.89. The van der Waals surface area contributed by atoms with Crippen molar-refractivity contribution in [2.75, 3.05) is 19.7 Å². The largest absolute Gasteiger partial charge is 0.376 e. The topological polar surface area (TPSA) is 21.3 Å². The lowest BCUT2D eigenvalue weighted by Crippen LogP contribution is -2.41. The minimum atomic E-state index is 0.447. The molecule has 1 fully saturated rings. The lowest BCUT2D eigenvalue weighted by atomic mass is 9.97. The van der Waals surface area contributed by atoms with Crippen LogP contribution >= 0.6 is 0 Å². The Balaban J connectivity index is 2.18. The molecule has 0 aromatic heterocycles. The second-order valence-electron chi connectivity index (χ2n) is 4.36. The molecule has 1 heterocycles. The van der Waals surface area contributed by atoms with Crippen molar-refractivity contribution < 1.29 is 4.74 Å². The van der Waals surface area contributed by atoms with Gasteiger partial charge in [0.25, 0.3) is 0 Å². The standard InChI is InChI=1S/C11H23NO/c1-4-9(2)8-13-11-7-12-6-5-10(11)3/h9-12H,4-8H2,1-3H3. The van der Waals surface area contributed by atoms with Gasteiger partial charge in [0.15, 0.2) is 0 Å². The Kier molecular flexibility index (Phi) is 4.74. The fraction of sp³-hybridized carbons (Fsp3) is 1.00. The molecular formula is C11H23NO. The predicted octanol–water partition coefficient (Wildman–Crippen LogP) is 2.05. The van der Waals surface area contributed by atoms with Crippen molar-refractivity contribution in [2.24, 2.45) is 11.8 Å². The van der Waals surface area contributed by atoms with Crippen molar-refractivity contribution in [1.82, 2.24) is 5.32 Å². The molecule has 1 N–H and O–H groups in total. The van der Waals surface area contributed by atoms with Gasteiger partial charge >= 0.3 is 0 Å². The summed E-state index contributed by atoms with van der Waals surface area (Å²) in [6.07, 6.45) is 2.92. The minimum Gasteiger partial charge on any atom is -0.376 e. The van der Waals surface area contributed by atoms with E-state index in [-0.39, 0.29) is 0 Å². The van der Waals surface area contributed by atoms with Crippen LogP contribution in [0.1, 0.15) is 33.6 Å². The summed E-state index contributed by atoms with van der Waals surface area (Å²) >= 11 is 0. The second-order valence-corrected chi connectivity index (χ2v) is 4.36. The van der Waals surface area contributed by atoms with E-state index in [1.54, 1.807) is 0 Å². The van der Waals surface area contributed by atoms with Crippen LogP contribution in [0.15, 0.2) is 0 Å². The van der Waals surface area contributed by atoms with Crippen LogP contribution in [0.2, 0.25) is 0 Å². The van der Waals surface area contributed by atoms with Crippen molar-refractivity contribution in [3.05, 3.63) is 0 Å². The van der Waals surface area contributed by atoms with Crippen LogP contribution < -0.4 is 5.32 Å². The van der Waals surface area contributed by atoms with E-state index in [1.807, 2.05) is 0 Å². The van der Waals surface area contributed by atoms with Crippen LogP contribution in [0.3, 0.4) is 0 Å². The average molecular weight is 185 g/mol. The molecule has 0 bridgehead atoms. The molecule has 2 nitrogen and oxygen atoms in total. The van der Waals surface area contributed by atoms with E-state index in [4.69, 9.17) is 4.74 Å². The Labute approximate surface area is 82.0 Å². The van der Waals surface area contributed by atoms with Crippen LogP contribution in [-0.2, 0) is 4.74 Å². The van der Waals surface area contributed by atoms with E-state index in [9.17, 15) is 0 Å². The van der Waals surface area contributed by atoms with Gasteiger partial charge in [-0.25, -0.2) is 0 Å². The Morgan fingerprint density at radius 2 is 2.31 bits per heavy atom. The van der Waals surface area contributed by atoms with Crippen LogP contribution in [0.5, 0.6) is 0 Å². The third kappa shape index (κ3) is 3.65. The Hall–Kier alpha value is -0.0800. The molecule has 0 aromatic carbocycles. The maximum absolute atomic E-state index is 5.89. The van der Waals surface area contributed by atoms with Crippen molar-refractivity contribution in [2.45, 2.75) is 39.7 Å². The summed E-state index contributed by atoms with van der Waals surface area (Å²) in [4.78, 5) is 0. The summed E-state index contributed by atoms with van der Waals surface area (Å²) in [6.45, 7) is 9.88. The zero-order valence-corrected chi connectivity index (χ0v) is 9.18. The van der Waals surface area contributed by atoms with Gasteiger partial charge in [0.2, 0.25) is 0 Å². The van der Waals surface area contributed by atoms with Crippen LogP contribution in [0.25, 0.3) is 0 Å². The second kappa shape index (κ2) is 5.61. The van der Waals surface area contributed by atoms with E-state index in [1.165, 1.54) is 12.8 Å². The Morgan fingerprint density at radius 1 is 1.54 bits per heavy atom. The third-order valence-corrected chi connectivity index (χ3v) is 3.05. The third-order valence-electron chi connectivity index (χ3n) is 3.05. The number of hydrogen-bond donors (Lipinski definition) is 1. The highest BCUT2D eigenvalue weighted by molar-refractivity contribution is 4.75. The summed E-state index contributed by atoms with van der Waals surface area (Å²) in [5, 5.41) is 3.38. The van der Waals surface area contributed by atoms with Crippen molar-refractivity contribution in [3.63, 3.8) is 0 Å². The molecule has 2 heteroatoms. The lowest BCUT2D eigenvalue weighted by Gasteiger charge is -2.30. The maximum Gasteiger partial charge on any atom is 0.0725 e. The smallest absolute Gasteiger partial charge is 0.0725 e.